The van der Waals surface area contributed by atoms with E-state index in [0.717, 1.165) is 44.9 Å². The van der Waals surface area contributed by atoms with E-state index in [-0.39, 0.29) is 0 Å². The lowest BCUT2D eigenvalue weighted by Crippen LogP contribution is -2.48. The maximum atomic E-state index is 10.5. The van der Waals surface area contributed by atoms with Gasteiger partial charge in [0.15, 0.2) is 5.96 Å². The van der Waals surface area contributed by atoms with Gasteiger partial charge in [0.25, 0.3) is 0 Å². The molecule has 0 aromatic heterocycles. The van der Waals surface area contributed by atoms with Crippen molar-refractivity contribution in [2.75, 3.05) is 26.2 Å². The van der Waals surface area contributed by atoms with E-state index in [2.05, 4.69) is 51.7 Å². The number of β-amino-alcohol motifs (C(OH)–C–C–N with tert-alkyl or cyclic N) is 1. The molecule has 4 rings (SSSR count). The van der Waals surface area contributed by atoms with Gasteiger partial charge in [-0.2, -0.15) is 0 Å². The number of hydrogen-bond donors (Lipinski definition) is 3. The van der Waals surface area contributed by atoms with Gasteiger partial charge >= 0.3 is 0 Å². The van der Waals surface area contributed by atoms with E-state index in [1.807, 2.05) is 0 Å². The number of aliphatic imine (C=N–C) groups is 1. The van der Waals surface area contributed by atoms with Crippen molar-refractivity contribution in [3.63, 3.8) is 0 Å². The first-order chi connectivity index (χ1) is 13.2. The lowest BCUT2D eigenvalue weighted by Gasteiger charge is -2.30. The molecule has 4 atom stereocenters. The van der Waals surface area contributed by atoms with E-state index >= 15 is 0 Å². The van der Waals surface area contributed by atoms with Crippen LogP contribution in [-0.2, 0) is 17.7 Å². The highest BCUT2D eigenvalue weighted by Gasteiger charge is 2.41. The molecule has 3 aliphatic rings. The van der Waals surface area contributed by atoms with Crippen LogP contribution in [0.5, 0.6) is 0 Å². The first kappa shape index (κ1) is 18.7. The zero-order chi connectivity index (χ0) is 18.6. The van der Waals surface area contributed by atoms with Crippen molar-refractivity contribution in [3.8, 4) is 0 Å². The van der Waals surface area contributed by atoms with Crippen molar-refractivity contribution in [1.29, 1.82) is 0 Å². The van der Waals surface area contributed by atoms with E-state index in [1.54, 1.807) is 0 Å². The zero-order valence-electron chi connectivity index (χ0n) is 16.2. The number of ether oxygens (including phenoxy) is 1. The third-order valence-corrected chi connectivity index (χ3v) is 5.91. The third kappa shape index (κ3) is 4.62. The Labute approximate surface area is 162 Å². The summed E-state index contributed by atoms with van der Waals surface area (Å²) >= 11 is 0. The van der Waals surface area contributed by atoms with Gasteiger partial charge in [-0.05, 0) is 43.7 Å². The van der Waals surface area contributed by atoms with Crippen LogP contribution in [0.1, 0.15) is 37.3 Å². The summed E-state index contributed by atoms with van der Waals surface area (Å²) in [6, 6.07) is 8.95. The highest BCUT2D eigenvalue weighted by atomic mass is 16.5. The first-order valence-corrected chi connectivity index (χ1v) is 10.4. The average Bonchev–Trinajstić information content (AvgIpc) is 3.29. The van der Waals surface area contributed by atoms with E-state index < -0.39 is 6.10 Å². The van der Waals surface area contributed by atoms with Gasteiger partial charge in [0, 0.05) is 26.2 Å². The number of nitrogens with zero attached hydrogens (tertiary/aromatic N) is 2. The predicted octanol–water partition coefficient (Wildman–Crippen LogP) is 1.28. The van der Waals surface area contributed by atoms with E-state index in [1.165, 1.54) is 17.5 Å². The Morgan fingerprint density at radius 1 is 1.33 bits per heavy atom. The molecule has 1 aromatic carbocycles. The van der Waals surface area contributed by atoms with Crippen LogP contribution in [0.3, 0.4) is 0 Å². The summed E-state index contributed by atoms with van der Waals surface area (Å²) in [5, 5.41) is 17.3. The maximum Gasteiger partial charge on any atom is 0.191 e. The van der Waals surface area contributed by atoms with Gasteiger partial charge in [0.2, 0.25) is 0 Å². The monoisotopic (exact) mass is 372 g/mol. The molecule has 0 amide bonds. The fourth-order valence-corrected chi connectivity index (χ4v) is 4.55. The first-order valence-electron chi connectivity index (χ1n) is 10.4. The van der Waals surface area contributed by atoms with Crippen LogP contribution in [0.15, 0.2) is 29.3 Å². The Bertz CT molecular complexity index is 665. The number of rotatable bonds is 6. The van der Waals surface area contributed by atoms with Crippen LogP contribution in [0.2, 0.25) is 0 Å². The van der Waals surface area contributed by atoms with E-state index in [4.69, 9.17) is 4.74 Å². The normalized spacial score (nSPS) is 28.8. The number of benzene rings is 1. The molecule has 3 N–H and O–H groups in total. The molecule has 0 saturated carbocycles. The molecule has 2 fully saturated rings. The fraction of sp³-hybridized carbons (Fsp3) is 0.667. The van der Waals surface area contributed by atoms with Crippen LogP contribution in [0.4, 0.5) is 0 Å². The van der Waals surface area contributed by atoms with Crippen molar-refractivity contribution in [2.45, 2.75) is 63.5 Å². The molecule has 6 nitrogen and oxygen atoms in total. The van der Waals surface area contributed by atoms with Crippen LogP contribution in [0, 0.1) is 0 Å². The molecule has 0 spiro atoms. The largest absolute Gasteiger partial charge is 0.390 e. The Morgan fingerprint density at radius 3 is 2.93 bits per heavy atom. The number of aliphatic hydroxyl groups excluding tert-OH is 1. The fourth-order valence-electron chi connectivity index (χ4n) is 4.55. The topological polar surface area (TPSA) is 69.1 Å². The number of nitrogens with one attached hydrogen (secondary N) is 2. The highest BCUT2D eigenvalue weighted by Crippen LogP contribution is 2.34. The molecular formula is C21H32N4O2. The minimum absolute atomic E-state index is 0.317. The minimum atomic E-state index is -0.456. The summed E-state index contributed by atoms with van der Waals surface area (Å²) < 4.78 is 5.92. The van der Waals surface area contributed by atoms with Gasteiger partial charge in [-0.25, -0.2) is 0 Å². The lowest BCUT2D eigenvalue weighted by atomic mass is 9.96. The summed E-state index contributed by atoms with van der Waals surface area (Å²) in [7, 11) is 0. The number of fused-ring (bicyclic) bond motifs is 3. The second kappa shape index (κ2) is 8.59. The van der Waals surface area contributed by atoms with Crippen molar-refractivity contribution >= 4 is 5.96 Å². The summed E-state index contributed by atoms with van der Waals surface area (Å²) in [6.45, 7) is 5.86. The molecule has 148 valence electrons. The molecule has 0 aliphatic carbocycles. The molecule has 0 radical (unpaired) electrons. The molecule has 27 heavy (non-hydrogen) atoms. The molecule has 3 heterocycles. The van der Waals surface area contributed by atoms with Gasteiger partial charge in [-0.15, -0.1) is 0 Å². The van der Waals surface area contributed by atoms with E-state index in [9.17, 15) is 5.11 Å². The maximum absolute atomic E-state index is 10.5. The van der Waals surface area contributed by atoms with E-state index in [0.29, 0.717) is 31.3 Å². The molecule has 4 unspecified atom stereocenters. The van der Waals surface area contributed by atoms with Gasteiger partial charge < -0.3 is 20.5 Å². The Kier molecular flexibility index (Phi) is 5.95. The number of hydrogen-bond acceptors (Lipinski definition) is 4. The molecule has 3 aliphatic heterocycles. The second-order valence-corrected chi connectivity index (χ2v) is 7.99. The van der Waals surface area contributed by atoms with Gasteiger partial charge in [-0.1, -0.05) is 24.3 Å². The van der Waals surface area contributed by atoms with Crippen molar-refractivity contribution < 1.29 is 9.84 Å². The van der Waals surface area contributed by atoms with Crippen molar-refractivity contribution in [1.82, 2.24) is 15.5 Å². The third-order valence-electron chi connectivity index (χ3n) is 5.91. The number of guanidine groups is 1. The lowest BCUT2D eigenvalue weighted by molar-refractivity contribution is 0.0991. The summed E-state index contributed by atoms with van der Waals surface area (Å²) in [6.07, 6.45) is 4.72. The zero-order valence-corrected chi connectivity index (χ0v) is 16.2. The summed E-state index contributed by atoms with van der Waals surface area (Å²) in [4.78, 5) is 6.96. The summed E-state index contributed by atoms with van der Waals surface area (Å²) in [5.41, 5.74) is 2.82. The minimum Gasteiger partial charge on any atom is -0.390 e. The number of aliphatic hydroxyl groups is 1. The van der Waals surface area contributed by atoms with Crippen LogP contribution in [-0.4, -0.2) is 66.5 Å². The van der Waals surface area contributed by atoms with Gasteiger partial charge in [0.1, 0.15) is 0 Å². The van der Waals surface area contributed by atoms with Crippen LogP contribution >= 0.6 is 0 Å². The van der Waals surface area contributed by atoms with Crippen LogP contribution < -0.4 is 10.6 Å². The Balaban J connectivity index is 1.28. The highest BCUT2D eigenvalue weighted by molar-refractivity contribution is 5.80. The molecular weight excluding hydrogens is 340 g/mol. The molecule has 1 aromatic rings. The molecule has 6 heteroatoms. The standard InChI is InChI=1S/C21H32N4O2/c1-2-22-21(24-19-11-18-7-8-20(19)27-18)23-12-17(26)14-25-10-9-15-5-3-4-6-16(15)13-25/h3-6,17-20,26H,2,7-14H2,1H3,(H2,22,23,24). The second-order valence-electron chi connectivity index (χ2n) is 7.99. The Hall–Kier alpha value is -1.63. The van der Waals surface area contributed by atoms with Gasteiger partial charge in [-0.3, -0.25) is 9.89 Å². The van der Waals surface area contributed by atoms with Gasteiger partial charge in [0.05, 0.1) is 30.9 Å². The average molecular weight is 373 g/mol. The van der Waals surface area contributed by atoms with Crippen LogP contribution in [0.25, 0.3) is 0 Å². The predicted molar refractivity (Wildman–Crippen MR) is 107 cm³/mol. The Morgan fingerprint density at radius 2 is 2.19 bits per heavy atom. The van der Waals surface area contributed by atoms with Crippen molar-refractivity contribution in [3.05, 3.63) is 35.4 Å². The molecule has 2 bridgehead atoms. The summed E-state index contributed by atoms with van der Waals surface area (Å²) in [5.74, 6) is 0.793. The quantitative estimate of drug-likeness (QED) is 0.518. The van der Waals surface area contributed by atoms with Crippen molar-refractivity contribution in [2.24, 2.45) is 4.99 Å². The molecule has 2 saturated heterocycles. The SMILES string of the molecule is CCNC(=NCC(O)CN1CCc2ccccc2C1)NC1CC2CCC1O2. The smallest absolute Gasteiger partial charge is 0.191 e.